The molecule has 2 fully saturated rings. The van der Waals surface area contributed by atoms with E-state index in [2.05, 4.69) is 4.98 Å². The summed E-state index contributed by atoms with van der Waals surface area (Å²) in [6.07, 6.45) is -3.78. The Bertz CT molecular complexity index is 1030. The summed E-state index contributed by atoms with van der Waals surface area (Å²) in [5, 5.41) is 11.2. The fourth-order valence-electron chi connectivity index (χ4n) is 3.58. The number of rotatable bonds is 2. The number of nitro benzene ring substituents is 1. The summed E-state index contributed by atoms with van der Waals surface area (Å²) in [4.78, 5) is 28.5. The van der Waals surface area contributed by atoms with E-state index in [-0.39, 0.29) is 15.9 Å². The molecular formula is C17H16F3N3O5S. The molecule has 0 unspecified atom stereocenters. The summed E-state index contributed by atoms with van der Waals surface area (Å²) in [5.41, 5.74) is -2.93. The number of ether oxygens (including phenoxy) is 2. The molecule has 0 amide bonds. The normalized spacial score (nSPS) is 21.8. The Hall–Kier alpha value is -2.31. The number of piperidine rings is 1. The molecule has 156 valence electrons. The Morgan fingerprint density at radius 1 is 1.34 bits per heavy atom. The summed E-state index contributed by atoms with van der Waals surface area (Å²) >= 11 is 0.838. The summed E-state index contributed by atoms with van der Waals surface area (Å²) in [5.74, 6) is -0.675. The molecule has 8 nitrogen and oxygen atoms in total. The monoisotopic (exact) mass is 431 g/mol. The van der Waals surface area contributed by atoms with E-state index >= 15 is 0 Å². The van der Waals surface area contributed by atoms with Crippen molar-refractivity contribution in [3.63, 3.8) is 0 Å². The lowest BCUT2D eigenvalue weighted by Gasteiger charge is -2.37. The van der Waals surface area contributed by atoms with Crippen LogP contribution >= 0.6 is 11.3 Å². The molecule has 1 atom stereocenters. The first kappa shape index (κ1) is 20.0. The second-order valence-corrected chi connectivity index (χ2v) is 8.04. The largest absolute Gasteiger partial charge is 0.416 e. The van der Waals surface area contributed by atoms with Crippen LogP contribution in [0.3, 0.4) is 0 Å². The van der Waals surface area contributed by atoms with Crippen molar-refractivity contribution in [1.29, 1.82) is 0 Å². The smallest absolute Gasteiger partial charge is 0.348 e. The minimum Gasteiger partial charge on any atom is -0.348 e. The number of alkyl halides is 3. The maximum atomic E-state index is 13.1. The molecule has 0 bridgehead atoms. The first-order valence-electron chi connectivity index (χ1n) is 8.85. The second-order valence-electron chi connectivity index (χ2n) is 7.07. The van der Waals surface area contributed by atoms with Gasteiger partial charge in [0.15, 0.2) is 10.9 Å². The second kappa shape index (κ2) is 6.89. The van der Waals surface area contributed by atoms with Gasteiger partial charge in [-0.2, -0.15) is 18.2 Å². The van der Waals surface area contributed by atoms with Gasteiger partial charge in [-0.15, -0.1) is 0 Å². The predicted octanol–water partition coefficient (Wildman–Crippen LogP) is 3.32. The third-order valence-corrected chi connectivity index (χ3v) is 6.17. The van der Waals surface area contributed by atoms with Crippen LogP contribution < -0.4 is 10.5 Å². The molecule has 1 spiro atoms. The average Bonchev–Trinajstić information content (AvgIpc) is 3.00. The Balaban J connectivity index is 1.71. The van der Waals surface area contributed by atoms with E-state index in [1.165, 1.54) is 0 Å². The van der Waals surface area contributed by atoms with Gasteiger partial charge in [-0.25, -0.2) is 0 Å². The summed E-state index contributed by atoms with van der Waals surface area (Å²) in [6.45, 7) is 3.28. The molecule has 29 heavy (non-hydrogen) atoms. The van der Waals surface area contributed by atoms with Crippen molar-refractivity contribution in [2.45, 2.75) is 37.8 Å². The van der Waals surface area contributed by atoms with E-state index in [0.717, 1.165) is 11.3 Å². The highest BCUT2D eigenvalue weighted by molar-refractivity contribution is 7.22. The molecule has 2 saturated heterocycles. The highest BCUT2D eigenvalue weighted by Crippen LogP contribution is 2.40. The number of nitrogens with zero attached hydrogens (tertiary/aromatic N) is 3. The zero-order valence-corrected chi connectivity index (χ0v) is 16.0. The Labute approximate surface area is 166 Å². The highest BCUT2D eigenvalue weighted by atomic mass is 32.1. The van der Waals surface area contributed by atoms with Crippen molar-refractivity contribution in [3.8, 4) is 0 Å². The number of nitro groups is 1. The number of non-ortho nitro benzene ring substituents is 1. The Morgan fingerprint density at radius 2 is 2.03 bits per heavy atom. The molecule has 4 rings (SSSR count). The van der Waals surface area contributed by atoms with Gasteiger partial charge < -0.3 is 14.4 Å². The van der Waals surface area contributed by atoms with Gasteiger partial charge in [0.2, 0.25) is 0 Å². The molecule has 1 aromatic heterocycles. The van der Waals surface area contributed by atoms with Gasteiger partial charge in [-0.1, -0.05) is 11.3 Å². The third-order valence-electron chi connectivity index (χ3n) is 5.01. The number of aromatic nitrogens is 1. The van der Waals surface area contributed by atoms with Crippen molar-refractivity contribution in [2.24, 2.45) is 0 Å². The fourth-order valence-corrected chi connectivity index (χ4v) is 4.70. The van der Waals surface area contributed by atoms with Crippen LogP contribution in [0.15, 0.2) is 16.9 Å². The number of hydrogen-bond donors (Lipinski definition) is 0. The maximum absolute atomic E-state index is 13.1. The van der Waals surface area contributed by atoms with E-state index in [1.54, 1.807) is 4.90 Å². The molecular weight excluding hydrogens is 415 g/mol. The molecule has 2 aliphatic rings. The first-order chi connectivity index (χ1) is 13.6. The average molecular weight is 431 g/mol. The lowest BCUT2D eigenvalue weighted by atomic mass is 10.0. The quantitative estimate of drug-likeness (QED) is 0.532. The molecule has 3 heterocycles. The van der Waals surface area contributed by atoms with Crippen molar-refractivity contribution < 1.29 is 27.6 Å². The van der Waals surface area contributed by atoms with Crippen LogP contribution in [-0.2, 0) is 15.7 Å². The van der Waals surface area contributed by atoms with Gasteiger partial charge in [0.1, 0.15) is 4.70 Å². The van der Waals surface area contributed by atoms with Gasteiger partial charge in [0, 0.05) is 32.0 Å². The zero-order valence-electron chi connectivity index (χ0n) is 15.2. The van der Waals surface area contributed by atoms with Crippen LogP contribution in [0.4, 0.5) is 24.0 Å². The number of hydrogen-bond acceptors (Lipinski definition) is 8. The number of halogens is 3. The van der Waals surface area contributed by atoms with Crippen molar-refractivity contribution in [2.75, 3.05) is 24.6 Å². The first-order valence-corrected chi connectivity index (χ1v) is 9.67. The molecule has 2 aliphatic heterocycles. The topological polar surface area (TPSA) is 94.8 Å². The van der Waals surface area contributed by atoms with Gasteiger partial charge in [-0.05, 0) is 13.0 Å². The van der Waals surface area contributed by atoms with Gasteiger partial charge in [0.05, 0.1) is 28.6 Å². The number of benzene rings is 1. The number of anilines is 1. The highest BCUT2D eigenvalue weighted by Gasteiger charge is 2.43. The van der Waals surface area contributed by atoms with Crippen LogP contribution in [0, 0.1) is 10.1 Å². The minimum atomic E-state index is -4.81. The molecule has 0 radical (unpaired) electrons. The zero-order chi connectivity index (χ0) is 21.0. The minimum absolute atomic E-state index is 0.0121. The van der Waals surface area contributed by atoms with Crippen molar-refractivity contribution in [3.05, 3.63) is 38.2 Å². The lowest BCUT2D eigenvalue weighted by molar-refractivity contribution is -0.383. The lowest BCUT2D eigenvalue weighted by Crippen LogP contribution is -2.45. The van der Waals surface area contributed by atoms with E-state index in [9.17, 15) is 28.1 Å². The van der Waals surface area contributed by atoms with E-state index < -0.39 is 39.1 Å². The summed E-state index contributed by atoms with van der Waals surface area (Å²) in [6, 6.07) is 1.07. The maximum Gasteiger partial charge on any atom is 0.416 e. The molecule has 1 aromatic carbocycles. The molecule has 0 aliphatic carbocycles. The molecule has 2 aromatic rings. The van der Waals surface area contributed by atoms with Crippen LogP contribution in [0.2, 0.25) is 0 Å². The molecule has 0 saturated carbocycles. The summed E-state index contributed by atoms with van der Waals surface area (Å²) < 4.78 is 50.6. The van der Waals surface area contributed by atoms with Gasteiger partial charge in [-0.3, -0.25) is 14.9 Å². The van der Waals surface area contributed by atoms with Crippen LogP contribution in [0.25, 0.3) is 10.1 Å². The van der Waals surface area contributed by atoms with Crippen LogP contribution in [-0.4, -0.2) is 41.5 Å². The summed E-state index contributed by atoms with van der Waals surface area (Å²) in [7, 11) is 0. The van der Waals surface area contributed by atoms with Gasteiger partial charge >= 0.3 is 6.18 Å². The third kappa shape index (κ3) is 3.67. The fraction of sp³-hybridized carbons (Fsp3) is 0.529. The van der Waals surface area contributed by atoms with E-state index in [1.807, 2.05) is 6.92 Å². The van der Waals surface area contributed by atoms with Gasteiger partial charge in [0.25, 0.3) is 11.2 Å². The van der Waals surface area contributed by atoms with Crippen molar-refractivity contribution >= 4 is 32.2 Å². The van der Waals surface area contributed by atoms with Crippen LogP contribution in [0.1, 0.15) is 25.3 Å². The van der Waals surface area contributed by atoms with Crippen molar-refractivity contribution in [1.82, 2.24) is 4.98 Å². The Kier molecular flexibility index (Phi) is 4.74. The Morgan fingerprint density at radius 3 is 2.59 bits per heavy atom. The number of fused-ring (bicyclic) bond motifs is 1. The SMILES string of the molecule is C[C@@H]1COC2(CCN(c3nc(=O)c4cc(C(F)(F)F)cc([N+](=O)[O-])c4s3)CC2)O1. The predicted molar refractivity (Wildman–Crippen MR) is 98.2 cm³/mol. The van der Waals surface area contributed by atoms with E-state index in [0.29, 0.717) is 44.7 Å². The van der Waals surface area contributed by atoms with E-state index in [4.69, 9.17) is 9.47 Å². The molecule has 12 heteroatoms. The standard InChI is InChI=1S/C17H16F3N3O5S/c1-9-8-27-16(28-9)2-4-22(5-3-16)15-21-14(24)11-6-10(17(18,19)20)7-12(23(25)26)13(11)29-15/h6-7,9H,2-5,8H2,1H3/t9-/m1/s1. The van der Waals surface area contributed by atoms with Crippen LogP contribution in [0.5, 0.6) is 0 Å². The molecule has 0 N–H and O–H groups in total.